The number of Topliss-reactive ketones (excluding diaryl/α,β-unsaturated/α-hetero) is 1. The Labute approximate surface area is 125 Å². The lowest BCUT2D eigenvalue weighted by atomic mass is 9.90. The van der Waals surface area contributed by atoms with Crippen LogP contribution in [0.1, 0.15) is 43.7 Å². The van der Waals surface area contributed by atoms with Gasteiger partial charge in [0.1, 0.15) is 5.78 Å². The van der Waals surface area contributed by atoms with Gasteiger partial charge in [-0.25, -0.2) is 0 Å². The van der Waals surface area contributed by atoms with Gasteiger partial charge in [-0.15, -0.1) is 0 Å². The molecule has 0 N–H and O–H groups in total. The summed E-state index contributed by atoms with van der Waals surface area (Å²) in [5.41, 5.74) is 2.09. The summed E-state index contributed by atoms with van der Waals surface area (Å²) in [4.78, 5) is 11.7. The molecular formula is C17H21NO3. The molecule has 0 spiro atoms. The molecule has 0 aliphatic carbocycles. The Bertz CT molecular complexity index is 524. The molecule has 1 fully saturated rings. The van der Waals surface area contributed by atoms with Crippen molar-refractivity contribution < 1.29 is 14.3 Å². The van der Waals surface area contributed by atoms with Gasteiger partial charge in [0.25, 0.3) is 0 Å². The highest BCUT2D eigenvalue weighted by Gasteiger charge is 2.31. The zero-order valence-corrected chi connectivity index (χ0v) is 12.6. The van der Waals surface area contributed by atoms with E-state index in [9.17, 15) is 4.79 Å². The second-order valence-electron chi connectivity index (χ2n) is 5.61. The van der Waals surface area contributed by atoms with Crippen molar-refractivity contribution in [1.82, 2.24) is 0 Å². The van der Waals surface area contributed by atoms with E-state index < -0.39 is 5.79 Å². The number of rotatable bonds is 6. The zero-order chi connectivity index (χ0) is 15.3. The van der Waals surface area contributed by atoms with Gasteiger partial charge in [-0.2, -0.15) is 5.26 Å². The fourth-order valence-electron chi connectivity index (χ4n) is 2.71. The first-order valence-corrected chi connectivity index (χ1v) is 7.28. The number of benzene rings is 1. The molecule has 4 nitrogen and oxygen atoms in total. The zero-order valence-electron chi connectivity index (χ0n) is 12.6. The van der Waals surface area contributed by atoms with E-state index in [1.54, 1.807) is 6.92 Å². The normalized spacial score (nSPS) is 18.1. The molecule has 0 amide bonds. The van der Waals surface area contributed by atoms with Crippen LogP contribution in [-0.4, -0.2) is 24.8 Å². The van der Waals surface area contributed by atoms with Gasteiger partial charge in [-0.3, -0.25) is 4.79 Å². The minimum absolute atomic E-state index is 0.104. The number of hydrogen-bond acceptors (Lipinski definition) is 4. The molecular weight excluding hydrogens is 266 g/mol. The molecule has 1 saturated heterocycles. The molecule has 0 radical (unpaired) electrons. The third-order valence-electron chi connectivity index (χ3n) is 3.84. The molecule has 1 atom stereocenters. The molecule has 4 heteroatoms. The van der Waals surface area contributed by atoms with Gasteiger partial charge in [0.05, 0.1) is 19.3 Å². The lowest BCUT2D eigenvalue weighted by Crippen LogP contribution is -2.28. The minimum Gasteiger partial charge on any atom is -0.347 e. The van der Waals surface area contributed by atoms with Gasteiger partial charge in [-0.1, -0.05) is 24.3 Å². The van der Waals surface area contributed by atoms with Crippen LogP contribution < -0.4 is 0 Å². The maximum Gasteiger partial charge on any atom is 0.169 e. The maximum absolute atomic E-state index is 11.7. The van der Waals surface area contributed by atoms with Gasteiger partial charge < -0.3 is 9.47 Å². The molecule has 21 heavy (non-hydrogen) atoms. The third kappa shape index (κ3) is 4.13. The van der Waals surface area contributed by atoms with Gasteiger partial charge in [-0.05, 0) is 31.4 Å². The Kier molecular flexibility index (Phi) is 5.11. The summed E-state index contributed by atoms with van der Waals surface area (Å²) in [6, 6.07) is 10.1. The lowest BCUT2D eigenvalue weighted by Gasteiger charge is -2.22. The average molecular weight is 287 g/mol. The highest BCUT2D eigenvalue weighted by molar-refractivity contribution is 5.83. The lowest BCUT2D eigenvalue weighted by molar-refractivity contribution is -0.140. The van der Waals surface area contributed by atoms with E-state index in [0.717, 1.165) is 11.1 Å². The van der Waals surface area contributed by atoms with Crippen molar-refractivity contribution in [3.05, 3.63) is 35.4 Å². The fourth-order valence-corrected chi connectivity index (χ4v) is 2.71. The van der Waals surface area contributed by atoms with Crippen LogP contribution in [0.15, 0.2) is 24.3 Å². The standard InChI is InChI=1S/C17H21NO3/c1-13(19)16(4-3-9-18)15-7-5-14(6-8-15)12-17(2)20-10-11-21-17/h5-8,16H,3-4,10-12H2,1-2H3. The van der Waals surface area contributed by atoms with Crippen molar-refractivity contribution in [1.29, 1.82) is 5.26 Å². The van der Waals surface area contributed by atoms with Crippen LogP contribution in [0.4, 0.5) is 0 Å². The van der Waals surface area contributed by atoms with Gasteiger partial charge >= 0.3 is 0 Å². The highest BCUT2D eigenvalue weighted by atomic mass is 16.7. The summed E-state index contributed by atoms with van der Waals surface area (Å²) in [6.45, 7) is 4.79. The van der Waals surface area contributed by atoms with E-state index in [1.165, 1.54) is 0 Å². The van der Waals surface area contributed by atoms with E-state index in [-0.39, 0.29) is 11.7 Å². The predicted molar refractivity (Wildman–Crippen MR) is 78.7 cm³/mol. The summed E-state index contributed by atoms with van der Waals surface area (Å²) in [7, 11) is 0. The number of carbonyl (C=O) groups excluding carboxylic acids is 1. The molecule has 112 valence electrons. The third-order valence-corrected chi connectivity index (χ3v) is 3.84. The Morgan fingerprint density at radius 2 is 1.95 bits per heavy atom. The Balaban J connectivity index is 2.06. The number of hydrogen-bond donors (Lipinski definition) is 0. The van der Waals surface area contributed by atoms with E-state index in [4.69, 9.17) is 14.7 Å². The van der Waals surface area contributed by atoms with Crippen molar-refractivity contribution in [3.8, 4) is 6.07 Å². The van der Waals surface area contributed by atoms with Crippen molar-refractivity contribution >= 4 is 5.78 Å². The van der Waals surface area contributed by atoms with Crippen molar-refractivity contribution in [2.24, 2.45) is 0 Å². The van der Waals surface area contributed by atoms with E-state index in [1.807, 2.05) is 31.2 Å². The quantitative estimate of drug-likeness (QED) is 0.807. The predicted octanol–water partition coefficient (Wildman–Crippen LogP) is 2.97. The number of ether oxygens (including phenoxy) is 2. The summed E-state index contributed by atoms with van der Waals surface area (Å²) in [6.07, 6.45) is 1.66. The van der Waals surface area contributed by atoms with Crippen LogP contribution in [0.3, 0.4) is 0 Å². The molecule has 0 saturated carbocycles. The van der Waals surface area contributed by atoms with Crippen LogP contribution >= 0.6 is 0 Å². The molecule has 2 rings (SSSR count). The van der Waals surface area contributed by atoms with Crippen molar-refractivity contribution in [3.63, 3.8) is 0 Å². The summed E-state index contributed by atoms with van der Waals surface area (Å²) < 4.78 is 11.2. The van der Waals surface area contributed by atoms with Gasteiger partial charge in [0.2, 0.25) is 0 Å². The smallest absolute Gasteiger partial charge is 0.169 e. The van der Waals surface area contributed by atoms with Crippen LogP contribution in [0.25, 0.3) is 0 Å². The molecule has 1 aromatic carbocycles. The molecule has 1 heterocycles. The van der Waals surface area contributed by atoms with E-state index in [2.05, 4.69) is 6.07 Å². The summed E-state index contributed by atoms with van der Waals surface area (Å²) in [5, 5.41) is 8.69. The maximum atomic E-state index is 11.7. The second-order valence-corrected chi connectivity index (χ2v) is 5.61. The minimum atomic E-state index is -0.539. The van der Waals surface area contributed by atoms with Crippen LogP contribution in [0, 0.1) is 11.3 Å². The first kappa shape index (κ1) is 15.7. The molecule has 1 unspecified atom stereocenters. The SMILES string of the molecule is CC(=O)C(CCC#N)c1ccc(CC2(C)OCCO2)cc1. The molecule has 0 aromatic heterocycles. The van der Waals surface area contributed by atoms with Crippen LogP contribution in [0.5, 0.6) is 0 Å². The van der Waals surface area contributed by atoms with Gasteiger partial charge in [0, 0.05) is 18.8 Å². The Morgan fingerprint density at radius 3 is 2.48 bits per heavy atom. The molecule has 1 aromatic rings. The van der Waals surface area contributed by atoms with Crippen molar-refractivity contribution in [2.45, 2.75) is 44.8 Å². The number of nitriles is 1. The van der Waals surface area contributed by atoms with Gasteiger partial charge in [0.15, 0.2) is 5.79 Å². The molecule has 1 aliphatic heterocycles. The fraction of sp³-hybridized carbons (Fsp3) is 0.529. The largest absolute Gasteiger partial charge is 0.347 e. The average Bonchev–Trinajstić information content (AvgIpc) is 2.87. The first-order chi connectivity index (χ1) is 10.0. The highest BCUT2D eigenvalue weighted by Crippen LogP contribution is 2.26. The first-order valence-electron chi connectivity index (χ1n) is 7.28. The van der Waals surface area contributed by atoms with E-state index >= 15 is 0 Å². The monoisotopic (exact) mass is 287 g/mol. The number of carbonyl (C=O) groups is 1. The Hall–Kier alpha value is -1.70. The number of nitrogens with zero attached hydrogens (tertiary/aromatic N) is 1. The van der Waals surface area contributed by atoms with Crippen LogP contribution in [-0.2, 0) is 20.7 Å². The van der Waals surface area contributed by atoms with E-state index in [0.29, 0.717) is 32.5 Å². The summed E-state index contributed by atoms with van der Waals surface area (Å²) >= 11 is 0. The van der Waals surface area contributed by atoms with Crippen molar-refractivity contribution in [2.75, 3.05) is 13.2 Å². The molecule has 1 aliphatic rings. The topological polar surface area (TPSA) is 59.3 Å². The van der Waals surface area contributed by atoms with Crippen LogP contribution in [0.2, 0.25) is 0 Å². The summed E-state index contributed by atoms with van der Waals surface area (Å²) in [5.74, 6) is -0.622. The Morgan fingerprint density at radius 1 is 1.33 bits per heavy atom. The molecule has 0 bridgehead atoms. The number of ketones is 1. The second kappa shape index (κ2) is 6.84.